The maximum Gasteiger partial charge on any atom is 0.387 e. The Bertz CT molecular complexity index is 956. The highest BCUT2D eigenvalue weighted by Gasteiger charge is 2.25. The van der Waals surface area contributed by atoms with Gasteiger partial charge in [0, 0.05) is 11.1 Å². The predicted molar refractivity (Wildman–Crippen MR) is 102 cm³/mol. The Morgan fingerprint density at radius 3 is 2.48 bits per heavy atom. The van der Waals surface area contributed by atoms with E-state index in [1.807, 2.05) is 13.8 Å². The Kier molecular flexibility index (Phi) is 6.43. The Labute approximate surface area is 166 Å². The fraction of sp³-hybridized carbons (Fsp3) is 0.238. The van der Waals surface area contributed by atoms with Gasteiger partial charge < -0.3 is 18.9 Å². The first kappa shape index (κ1) is 20.3. The summed E-state index contributed by atoms with van der Waals surface area (Å²) in [6.45, 7) is 1.63. The Morgan fingerprint density at radius 2 is 1.76 bits per heavy atom. The van der Waals surface area contributed by atoms with Gasteiger partial charge in [-0.15, -0.1) is 0 Å². The zero-order valence-corrected chi connectivity index (χ0v) is 15.9. The summed E-state index contributed by atoms with van der Waals surface area (Å²) in [6, 6.07) is 11.2. The van der Waals surface area contributed by atoms with Gasteiger partial charge in [-0.25, -0.2) is 9.79 Å². The standard InChI is InChI=1S/C21H19F2NO5/c1-3-26-17-10-9-14(12-18(17)27-4-2)19-24-15(20(25)29-19)11-13-7-5-6-8-16(13)28-21(22)23/h5-12,21H,3-4H2,1-2H3. The number of cyclic esters (lactones) is 1. The van der Waals surface area contributed by atoms with Gasteiger partial charge in [0.15, 0.2) is 17.2 Å². The van der Waals surface area contributed by atoms with Crippen molar-refractivity contribution in [3.05, 3.63) is 59.3 Å². The molecule has 3 rings (SSSR count). The summed E-state index contributed by atoms with van der Waals surface area (Å²) in [5.74, 6) is 0.387. The molecule has 6 nitrogen and oxygen atoms in total. The van der Waals surface area contributed by atoms with E-state index >= 15 is 0 Å². The summed E-state index contributed by atoms with van der Waals surface area (Å²) >= 11 is 0. The summed E-state index contributed by atoms with van der Waals surface area (Å²) in [6.07, 6.45) is 1.34. The largest absolute Gasteiger partial charge is 0.490 e. The van der Waals surface area contributed by atoms with Gasteiger partial charge in [-0.05, 0) is 44.2 Å². The average molecular weight is 403 g/mol. The van der Waals surface area contributed by atoms with Crippen LogP contribution in [0.15, 0.2) is 53.2 Å². The lowest BCUT2D eigenvalue weighted by molar-refractivity contribution is -0.129. The molecule has 1 heterocycles. The molecule has 1 aliphatic rings. The van der Waals surface area contributed by atoms with Crippen LogP contribution < -0.4 is 14.2 Å². The molecule has 0 N–H and O–H groups in total. The number of esters is 1. The fourth-order valence-electron chi connectivity index (χ4n) is 2.67. The van der Waals surface area contributed by atoms with Crippen molar-refractivity contribution in [1.82, 2.24) is 0 Å². The summed E-state index contributed by atoms with van der Waals surface area (Å²) in [4.78, 5) is 16.4. The summed E-state index contributed by atoms with van der Waals surface area (Å²) in [5, 5.41) is 0. The second-order valence-electron chi connectivity index (χ2n) is 5.78. The number of hydrogen-bond acceptors (Lipinski definition) is 6. The van der Waals surface area contributed by atoms with Crippen LogP contribution in [0.5, 0.6) is 17.2 Å². The van der Waals surface area contributed by atoms with Crippen molar-refractivity contribution in [3.8, 4) is 17.2 Å². The lowest BCUT2D eigenvalue weighted by Gasteiger charge is -2.11. The average Bonchev–Trinajstić information content (AvgIpc) is 3.05. The predicted octanol–water partition coefficient (Wildman–Crippen LogP) is 4.43. The van der Waals surface area contributed by atoms with Gasteiger partial charge in [-0.2, -0.15) is 8.78 Å². The van der Waals surface area contributed by atoms with Crippen LogP contribution in [0, 0.1) is 0 Å². The molecular weight excluding hydrogens is 384 g/mol. The molecule has 2 aromatic carbocycles. The number of alkyl halides is 2. The van der Waals surface area contributed by atoms with Crippen LogP contribution in [0.3, 0.4) is 0 Å². The molecule has 0 atom stereocenters. The van der Waals surface area contributed by atoms with E-state index in [0.717, 1.165) is 0 Å². The maximum absolute atomic E-state index is 12.6. The molecule has 0 unspecified atom stereocenters. The lowest BCUT2D eigenvalue weighted by atomic mass is 10.1. The molecule has 8 heteroatoms. The number of carbonyl (C=O) groups excluding carboxylic acids is 1. The minimum absolute atomic E-state index is 0.0304. The third-order valence-electron chi connectivity index (χ3n) is 3.84. The lowest BCUT2D eigenvalue weighted by Crippen LogP contribution is -2.07. The maximum atomic E-state index is 12.6. The van der Waals surface area contributed by atoms with Crippen LogP contribution >= 0.6 is 0 Å². The SMILES string of the molecule is CCOc1ccc(C2=NC(=Cc3ccccc3OC(F)F)C(=O)O2)cc1OCC. The number of ether oxygens (including phenoxy) is 4. The number of aliphatic imine (C=N–C) groups is 1. The summed E-state index contributed by atoms with van der Waals surface area (Å²) in [7, 11) is 0. The van der Waals surface area contributed by atoms with E-state index in [9.17, 15) is 13.6 Å². The van der Waals surface area contributed by atoms with Crippen molar-refractivity contribution in [2.45, 2.75) is 20.5 Å². The Morgan fingerprint density at radius 1 is 1.03 bits per heavy atom. The van der Waals surface area contributed by atoms with Crippen molar-refractivity contribution in [2.75, 3.05) is 13.2 Å². The highest BCUT2D eigenvalue weighted by Crippen LogP contribution is 2.31. The van der Waals surface area contributed by atoms with Gasteiger partial charge in [0.1, 0.15) is 5.75 Å². The first-order valence-electron chi connectivity index (χ1n) is 8.98. The van der Waals surface area contributed by atoms with Crippen molar-refractivity contribution < 1.29 is 32.5 Å². The van der Waals surface area contributed by atoms with Crippen molar-refractivity contribution >= 4 is 17.9 Å². The van der Waals surface area contributed by atoms with Crippen LogP contribution in [0.1, 0.15) is 25.0 Å². The summed E-state index contributed by atoms with van der Waals surface area (Å²) < 4.78 is 46.0. The number of rotatable bonds is 8. The number of hydrogen-bond donors (Lipinski definition) is 0. The van der Waals surface area contributed by atoms with Gasteiger partial charge in [0.2, 0.25) is 5.90 Å². The second kappa shape index (κ2) is 9.18. The van der Waals surface area contributed by atoms with Crippen LogP contribution in [-0.2, 0) is 9.53 Å². The Balaban J connectivity index is 1.93. The molecule has 0 saturated heterocycles. The smallest absolute Gasteiger partial charge is 0.387 e. The van der Waals surface area contributed by atoms with E-state index in [0.29, 0.717) is 30.3 Å². The zero-order valence-electron chi connectivity index (χ0n) is 15.9. The van der Waals surface area contributed by atoms with Crippen LogP contribution in [0.4, 0.5) is 8.78 Å². The number of benzene rings is 2. The van der Waals surface area contributed by atoms with E-state index in [1.165, 1.54) is 18.2 Å². The van der Waals surface area contributed by atoms with Crippen molar-refractivity contribution in [2.24, 2.45) is 4.99 Å². The van der Waals surface area contributed by atoms with Crippen molar-refractivity contribution in [1.29, 1.82) is 0 Å². The van der Waals surface area contributed by atoms with Gasteiger partial charge >= 0.3 is 12.6 Å². The summed E-state index contributed by atoms with van der Waals surface area (Å²) in [5.41, 5.74) is 0.773. The molecule has 29 heavy (non-hydrogen) atoms. The molecule has 0 amide bonds. The van der Waals surface area contributed by atoms with Gasteiger partial charge in [-0.3, -0.25) is 0 Å². The molecule has 2 aromatic rings. The monoisotopic (exact) mass is 403 g/mol. The second-order valence-corrected chi connectivity index (χ2v) is 5.78. The van der Waals surface area contributed by atoms with Crippen LogP contribution in [0.2, 0.25) is 0 Å². The minimum atomic E-state index is -2.98. The fourth-order valence-corrected chi connectivity index (χ4v) is 2.67. The molecule has 0 spiro atoms. The molecule has 0 radical (unpaired) electrons. The van der Waals surface area contributed by atoms with Gasteiger partial charge in [0.05, 0.1) is 13.2 Å². The van der Waals surface area contributed by atoms with Crippen LogP contribution in [-0.4, -0.2) is 31.7 Å². The molecule has 0 fully saturated rings. The molecule has 0 aromatic heterocycles. The highest BCUT2D eigenvalue weighted by atomic mass is 19.3. The molecule has 0 bridgehead atoms. The molecule has 1 aliphatic heterocycles. The third kappa shape index (κ3) is 4.90. The molecule has 0 saturated carbocycles. The zero-order chi connectivity index (χ0) is 20.8. The molecular formula is C21H19F2NO5. The van der Waals surface area contributed by atoms with Crippen LogP contribution in [0.25, 0.3) is 6.08 Å². The van der Waals surface area contributed by atoms with Gasteiger partial charge in [0.25, 0.3) is 0 Å². The van der Waals surface area contributed by atoms with Crippen molar-refractivity contribution in [3.63, 3.8) is 0 Å². The van der Waals surface area contributed by atoms with E-state index < -0.39 is 12.6 Å². The first-order valence-corrected chi connectivity index (χ1v) is 8.98. The third-order valence-corrected chi connectivity index (χ3v) is 3.84. The van der Waals surface area contributed by atoms with E-state index in [2.05, 4.69) is 9.73 Å². The quantitative estimate of drug-likeness (QED) is 0.482. The molecule has 152 valence electrons. The van der Waals surface area contributed by atoms with E-state index in [4.69, 9.17) is 14.2 Å². The first-order chi connectivity index (χ1) is 14.0. The van der Waals surface area contributed by atoms with Gasteiger partial charge in [-0.1, -0.05) is 18.2 Å². The van der Waals surface area contributed by atoms with E-state index in [-0.39, 0.29) is 22.9 Å². The highest BCUT2D eigenvalue weighted by molar-refractivity contribution is 6.13. The Hall–Kier alpha value is -3.42. The minimum Gasteiger partial charge on any atom is -0.490 e. The number of para-hydroxylation sites is 1. The number of halogens is 2. The topological polar surface area (TPSA) is 66.4 Å². The normalized spacial score (nSPS) is 14.7. The number of nitrogens with zero attached hydrogens (tertiary/aromatic N) is 1. The molecule has 0 aliphatic carbocycles. The van der Waals surface area contributed by atoms with E-state index in [1.54, 1.807) is 30.3 Å². The number of carbonyl (C=O) groups is 1.